The third-order valence-electron chi connectivity index (χ3n) is 2.76. The highest BCUT2D eigenvalue weighted by Crippen LogP contribution is 2.24. The SMILES string of the molecule is CCC(O)(NC(C)(C)C)Oc1ccccc1/C(C)=N/O. The van der Waals surface area contributed by atoms with E-state index in [2.05, 4.69) is 10.5 Å². The van der Waals surface area contributed by atoms with E-state index >= 15 is 0 Å². The number of hydrogen-bond donors (Lipinski definition) is 3. The van der Waals surface area contributed by atoms with Gasteiger partial charge in [-0.2, -0.15) is 0 Å². The summed E-state index contributed by atoms with van der Waals surface area (Å²) in [5.74, 6) is -1.02. The number of benzene rings is 1. The summed E-state index contributed by atoms with van der Waals surface area (Å²) in [7, 11) is 0. The Hall–Kier alpha value is -1.59. The zero-order valence-electron chi connectivity index (χ0n) is 12.8. The van der Waals surface area contributed by atoms with Crippen LogP contribution in [0.1, 0.15) is 46.6 Å². The van der Waals surface area contributed by atoms with Crippen molar-refractivity contribution >= 4 is 5.71 Å². The summed E-state index contributed by atoms with van der Waals surface area (Å²) in [4.78, 5) is 0. The van der Waals surface area contributed by atoms with E-state index in [9.17, 15) is 5.11 Å². The molecule has 0 aliphatic rings. The average Bonchev–Trinajstić information content (AvgIpc) is 2.36. The summed E-state index contributed by atoms with van der Waals surface area (Å²) in [6.45, 7) is 9.34. The third-order valence-corrected chi connectivity index (χ3v) is 2.76. The fourth-order valence-electron chi connectivity index (χ4n) is 1.86. The Morgan fingerprint density at radius 1 is 1.30 bits per heavy atom. The summed E-state index contributed by atoms with van der Waals surface area (Å²) < 4.78 is 5.73. The number of nitrogens with one attached hydrogen (secondary N) is 1. The van der Waals surface area contributed by atoms with Gasteiger partial charge in [0.1, 0.15) is 5.75 Å². The molecule has 20 heavy (non-hydrogen) atoms. The van der Waals surface area contributed by atoms with Gasteiger partial charge in [0.15, 0.2) is 0 Å². The molecule has 5 heteroatoms. The van der Waals surface area contributed by atoms with Gasteiger partial charge in [0.2, 0.25) is 0 Å². The summed E-state index contributed by atoms with van der Waals surface area (Å²) in [5.41, 5.74) is 0.757. The largest absolute Gasteiger partial charge is 0.448 e. The molecule has 1 aromatic carbocycles. The van der Waals surface area contributed by atoms with E-state index < -0.39 is 5.91 Å². The quantitative estimate of drug-likeness (QED) is 0.335. The van der Waals surface area contributed by atoms with Crippen molar-refractivity contribution in [2.75, 3.05) is 0 Å². The summed E-state index contributed by atoms with van der Waals surface area (Å²) in [5, 5.41) is 25.7. The van der Waals surface area contributed by atoms with Crippen molar-refractivity contribution in [1.82, 2.24) is 5.32 Å². The van der Waals surface area contributed by atoms with Gasteiger partial charge in [-0.05, 0) is 39.8 Å². The highest BCUT2D eigenvalue weighted by molar-refractivity contribution is 6.00. The number of para-hydroxylation sites is 1. The molecular weight excluding hydrogens is 256 g/mol. The molecule has 0 amide bonds. The second-order valence-corrected chi connectivity index (χ2v) is 5.80. The molecule has 1 aromatic rings. The molecular formula is C15H24N2O3. The molecule has 0 spiro atoms. The maximum atomic E-state index is 10.6. The molecule has 1 unspecified atom stereocenters. The van der Waals surface area contributed by atoms with Crippen LogP contribution in [0.2, 0.25) is 0 Å². The minimum Gasteiger partial charge on any atom is -0.448 e. The molecule has 0 aliphatic carbocycles. The van der Waals surface area contributed by atoms with Gasteiger partial charge >= 0.3 is 0 Å². The first kappa shape index (κ1) is 16.5. The van der Waals surface area contributed by atoms with Gasteiger partial charge in [0, 0.05) is 17.5 Å². The average molecular weight is 280 g/mol. The number of oxime groups is 1. The Morgan fingerprint density at radius 3 is 2.40 bits per heavy atom. The van der Waals surface area contributed by atoms with E-state index in [0.29, 0.717) is 23.4 Å². The fraction of sp³-hybridized carbons (Fsp3) is 0.533. The monoisotopic (exact) mass is 280 g/mol. The van der Waals surface area contributed by atoms with Crippen molar-refractivity contribution in [3.63, 3.8) is 0 Å². The molecule has 0 fully saturated rings. The smallest absolute Gasteiger partial charge is 0.268 e. The van der Waals surface area contributed by atoms with Crippen LogP contribution in [0.15, 0.2) is 29.4 Å². The Bertz CT molecular complexity index is 480. The van der Waals surface area contributed by atoms with E-state index in [1.165, 1.54) is 0 Å². The van der Waals surface area contributed by atoms with Gasteiger partial charge in [-0.3, -0.25) is 5.32 Å². The predicted molar refractivity (Wildman–Crippen MR) is 79.2 cm³/mol. The van der Waals surface area contributed by atoms with Crippen molar-refractivity contribution in [2.24, 2.45) is 5.16 Å². The van der Waals surface area contributed by atoms with E-state index in [0.717, 1.165) is 0 Å². The van der Waals surface area contributed by atoms with Crippen LogP contribution in [0.5, 0.6) is 5.75 Å². The molecule has 5 nitrogen and oxygen atoms in total. The Kier molecular flexibility index (Phi) is 5.14. The number of nitrogens with zero attached hydrogens (tertiary/aromatic N) is 1. The lowest BCUT2D eigenvalue weighted by molar-refractivity contribution is -0.177. The Labute approximate surface area is 120 Å². The highest BCUT2D eigenvalue weighted by Gasteiger charge is 2.32. The lowest BCUT2D eigenvalue weighted by Gasteiger charge is -2.35. The first-order chi connectivity index (χ1) is 9.21. The van der Waals surface area contributed by atoms with Crippen LogP contribution >= 0.6 is 0 Å². The van der Waals surface area contributed by atoms with Gasteiger partial charge in [-0.1, -0.05) is 24.2 Å². The van der Waals surface area contributed by atoms with Crippen LogP contribution in [0.25, 0.3) is 0 Å². The molecule has 0 aliphatic heterocycles. The van der Waals surface area contributed by atoms with Gasteiger partial charge in [0.05, 0.1) is 5.71 Å². The molecule has 0 heterocycles. The van der Waals surface area contributed by atoms with Gasteiger partial charge in [-0.25, -0.2) is 0 Å². The molecule has 0 radical (unpaired) electrons. The predicted octanol–water partition coefficient (Wildman–Crippen LogP) is 2.71. The molecule has 1 rings (SSSR count). The van der Waals surface area contributed by atoms with Gasteiger partial charge in [-0.15, -0.1) is 0 Å². The normalized spacial score (nSPS) is 15.8. The third kappa shape index (κ3) is 4.51. The molecule has 0 saturated carbocycles. The zero-order valence-corrected chi connectivity index (χ0v) is 12.8. The fourth-order valence-corrected chi connectivity index (χ4v) is 1.86. The Morgan fingerprint density at radius 2 is 1.90 bits per heavy atom. The molecule has 1 atom stereocenters. The van der Waals surface area contributed by atoms with Crippen molar-refractivity contribution in [2.45, 2.75) is 52.5 Å². The molecule has 3 N–H and O–H groups in total. The lowest BCUT2D eigenvalue weighted by Crippen LogP contribution is -2.57. The maximum Gasteiger partial charge on any atom is 0.268 e. The van der Waals surface area contributed by atoms with Crippen molar-refractivity contribution in [1.29, 1.82) is 0 Å². The van der Waals surface area contributed by atoms with Crippen LogP contribution in [0.4, 0.5) is 0 Å². The summed E-state index contributed by atoms with van der Waals surface area (Å²) in [6.07, 6.45) is 0.369. The minimum atomic E-state index is -1.48. The summed E-state index contributed by atoms with van der Waals surface area (Å²) >= 11 is 0. The van der Waals surface area contributed by atoms with Crippen molar-refractivity contribution in [3.8, 4) is 5.75 Å². The maximum absolute atomic E-state index is 10.6. The van der Waals surface area contributed by atoms with Crippen molar-refractivity contribution < 1.29 is 15.1 Å². The molecule has 0 aromatic heterocycles. The lowest BCUT2D eigenvalue weighted by atomic mass is 10.1. The van der Waals surface area contributed by atoms with E-state index in [-0.39, 0.29) is 5.54 Å². The van der Waals surface area contributed by atoms with Crippen LogP contribution < -0.4 is 10.1 Å². The first-order valence-corrected chi connectivity index (χ1v) is 6.69. The second-order valence-electron chi connectivity index (χ2n) is 5.80. The van der Waals surface area contributed by atoms with Crippen LogP contribution in [0, 0.1) is 0 Å². The van der Waals surface area contributed by atoms with Gasteiger partial charge in [0.25, 0.3) is 5.91 Å². The van der Waals surface area contributed by atoms with E-state index in [1.807, 2.05) is 33.8 Å². The zero-order chi connectivity index (χ0) is 15.4. The number of rotatable bonds is 5. The van der Waals surface area contributed by atoms with E-state index in [1.54, 1.807) is 25.1 Å². The standard InChI is InChI=1S/C15H24N2O3/c1-6-15(18,17-14(3,4)5)20-13-10-8-7-9-12(13)11(2)16-19/h7-10,17-19H,6H2,1-5H3/b16-11+. The number of ether oxygens (including phenoxy) is 1. The Balaban J connectivity index is 3.07. The molecule has 0 bridgehead atoms. The molecule has 112 valence electrons. The highest BCUT2D eigenvalue weighted by atomic mass is 16.6. The van der Waals surface area contributed by atoms with Gasteiger partial charge < -0.3 is 15.1 Å². The topological polar surface area (TPSA) is 74.1 Å². The van der Waals surface area contributed by atoms with Crippen LogP contribution in [0.3, 0.4) is 0 Å². The number of aliphatic hydroxyl groups is 1. The van der Waals surface area contributed by atoms with Crippen LogP contribution in [-0.4, -0.2) is 27.5 Å². The second kappa shape index (κ2) is 6.24. The number of hydrogen-bond acceptors (Lipinski definition) is 5. The van der Waals surface area contributed by atoms with Crippen LogP contribution in [-0.2, 0) is 0 Å². The summed E-state index contributed by atoms with van der Waals surface area (Å²) in [6, 6.07) is 7.13. The van der Waals surface area contributed by atoms with Crippen molar-refractivity contribution in [3.05, 3.63) is 29.8 Å². The molecule has 0 saturated heterocycles. The first-order valence-electron chi connectivity index (χ1n) is 6.69. The van der Waals surface area contributed by atoms with E-state index in [4.69, 9.17) is 9.94 Å². The minimum absolute atomic E-state index is 0.306.